The van der Waals surface area contributed by atoms with Gasteiger partial charge in [0.2, 0.25) is 0 Å². The van der Waals surface area contributed by atoms with E-state index in [9.17, 15) is 0 Å². The Hall–Kier alpha value is -1.02. The summed E-state index contributed by atoms with van der Waals surface area (Å²) >= 11 is 0. The van der Waals surface area contributed by atoms with Crippen molar-refractivity contribution in [2.24, 2.45) is 0 Å². The number of benzene rings is 1. The Kier molecular flexibility index (Phi) is 4.43. The standard InChI is InChI=1S/C15H23NO/c1-12-6-3-9-15(13(12)2)17-11-5-8-14-7-4-10-16-14/h3,6,9,14,16H,4-5,7-8,10-11H2,1-2H3. The highest BCUT2D eigenvalue weighted by Gasteiger charge is 2.13. The molecule has 0 saturated carbocycles. The van der Waals surface area contributed by atoms with E-state index >= 15 is 0 Å². The molecule has 2 heteroatoms. The number of aryl methyl sites for hydroxylation is 1. The first-order valence-electron chi connectivity index (χ1n) is 6.70. The van der Waals surface area contributed by atoms with Crippen LogP contribution in [0.2, 0.25) is 0 Å². The van der Waals surface area contributed by atoms with Gasteiger partial charge in [0, 0.05) is 6.04 Å². The van der Waals surface area contributed by atoms with Crippen molar-refractivity contribution in [1.82, 2.24) is 5.32 Å². The Morgan fingerprint density at radius 1 is 1.35 bits per heavy atom. The van der Waals surface area contributed by atoms with Crippen LogP contribution in [0.1, 0.15) is 36.8 Å². The van der Waals surface area contributed by atoms with Crippen molar-refractivity contribution < 1.29 is 4.74 Å². The SMILES string of the molecule is Cc1cccc(OCCCC2CCCN2)c1C. The molecule has 2 nitrogen and oxygen atoms in total. The topological polar surface area (TPSA) is 21.3 Å². The van der Waals surface area contributed by atoms with Crippen molar-refractivity contribution in [3.8, 4) is 5.75 Å². The molecule has 0 amide bonds. The lowest BCUT2D eigenvalue weighted by Gasteiger charge is -2.12. The average molecular weight is 233 g/mol. The van der Waals surface area contributed by atoms with Gasteiger partial charge in [0.1, 0.15) is 5.75 Å². The molecule has 0 aliphatic carbocycles. The van der Waals surface area contributed by atoms with E-state index in [1.807, 2.05) is 0 Å². The summed E-state index contributed by atoms with van der Waals surface area (Å²) < 4.78 is 5.85. The summed E-state index contributed by atoms with van der Waals surface area (Å²) in [7, 11) is 0. The van der Waals surface area contributed by atoms with Gasteiger partial charge < -0.3 is 10.1 Å². The molecule has 0 radical (unpaired) electrons. The molecular formula is C15H23NO. The fourth-order valence-corrected chi connectivity index (χ4v) is 2.40. The highest BCUT2D eigenvalue weighted by atomic mass is 16.5. The lowest BCUT2D eigenvalue weighted by Crippen LogP contribution is -2.21. The molecule has 1 aromatic rings. The summed E-state index contributed by atoms with van der Waals surface area (Å²) in [6, 6.07) is 6.99. The zero-order chi connectivity index (χ0) is 12.1. The summed E-state index contributed by atoms with van der Waals surface area (Å²) in [6.07, 6.45) is 5.06. The molecule has 2 rings (SSSR count). The maximum atomic E-state index is 5.85. The summed E-state index contributed by atoms with van der Waals surface area (Å²) in [5.74, 6) is 1.05. The van der Waals surface area contributed by atoms with E-state index in [1.165, 1.54) is 36.9 Å². The molecule has 0 bridgehead atoms. The monoisotopic (exact) mass is 233 g/mol. The Bertz CT molecular complexity index is 356. The zero-order valence-electron chi connectivity index (χ0n) is 11.0. The molecule has 1 saturated heterocycles. The van der Waals surface area contributed by atoms with Crippen LogP contribution in [0.5, 0.6) is 5.75 Å². The normalized spacial score (nSPS) is 19.5. The maximum absolute atomic E-state index is 5.85. The van der Waals surface area contributed by atoms with Gasteiger partial charge in [0.05, 0.1) is 6.61 Å². The summed E-state index contributed by atoms with van der Waals surface area (Å²) in [5.41, 5.74) is 2.58. The van der Waals surface area contributed by atoms with E-state index in [4.69, 9.17) is 4.74 Å². The van der Waals surface area contributed by atoms with E-state index in [0.29, 0.717) is 0 Å². The highest BCUT2D eigenvalue weighted by molar-refractivity contribution is 5.38. The molecule has 1 unspecified atom stereocenters. The second kappa shape index (κ2) is 6.06. The van der Waals surface area contributed by atoms with Crippen molar-refractivity contribution in [2.45, 2.75) is 45.6 Å². The lowest BCUT2D eigenvalue weighted by atomic mass is 10.1. The van der Waals surface area contributed by atoms with Crippen LogP contribution in [-0.2, 0) is 0 Å². The Balaban J connectivity index is 1.72. The van der Waals surface area contributed by atoms with Crippen LogP contribution in [0, 0.1) is 13.8 Å². The van der Waals surface area contributed by atoms with Gasteiger partial charge in [-0.15, -0.1) is 0 Å². The fourth-order valence-electron chi connectivity index (χ4n) is 2.40. The first-order valence-corrected chi connectivity index (χ1v) is 6.70. The molecular weight excluding hydrogens is 210 g/mol. The van der Waals surface area contributed by atoms with Crippen LogP contribution < -0.4 is 10.1 Å². The van der Waals surface area contributed by atoms with Gasteiger partial charge in [-0.05, 0) is 63.3 Å². The third-order valence-corrected chi connectivity index (χ3v) is 3.67. The first kappa shape index (κ1) is 12.4. The number of hydrogen-bond donors (Lipinski definition) is 1. The predicted octanol–water partition coefficient (Wildman–Crippen LogP) is 3.21. The minimum absolute atomic E-state index is 0.734. The van der Waals surface area contributed by atoms with Crippen LogP contribution in [0.25, 0.3) is 0 Å². The number of rotatable bonds is 5. The van der Waals surface area contributed by atoms with Gasteiger partial charge in [-0.2, -0.15) is 0 Å². The van der Waals surface area contributed by atoms with Crippen LogP contribution in [0.15, 0.2) is 18.2 Å². The summed E-state index contributed by atoms with van der Waals surface area (Å²) in [6.45, 7) is 6.29. The molecule has 1 fully saturated rings. The number of hydrogen-bond acceptors (Lipinski definition) is 2. The van der Waals surface area contributed by atoms with Crippen molar-refractivity contribution >= 4 is 0 Å². The lowest BCUT2D eigenvalue weighted by molar-refractivity contribution is 0.297. The second-order valence-corrected chi connectivity index (χ2v) is 4.98. The molecule has 0 spiro atoms. The van der Waals surface area contributed by atoms with E-state index in [1.54, 1.807) is 0 Å². The molecule has 0 aromatic heterocycles. The van der Waals surface area contributed by atoms with E-state index < -0.39 is 0 Å². The minimum Gasteiger partial charge on any atom is -0.493 e. The third kappa shape index (κ3) is 3.47. The van der Waals surface area contributed by atoms with E-state index in [-0.39, 0.29) is 0 Å². The molecule has 1 aromatic carbocycles. The van der Waals surface area contributed by atoms with Gasteiger partial charge in [-0.1, -0.05) is 12.1 Å². The highest BCUT2D eigenvalue weighted by Crippen LogP contribution is 2.21. The molecule has 1 heterocycles. The predicted molar refractivity (Wildman–Crippen MR) is 71.7 cm³/mol. The smallest absolute Gasteiger partial charge is 0.122 e. The third-order valence-electron chi connectivity index (χ3n) is 3.67. The fraction of sp³-hybridized carbons (Fsp3) is 0.600. The van der Waals surface area contributed by atoms with E-state index in [0.717, 1.165) is 24.8 Å². The van der Waals surface area contributed by atoms with Crippen LogP contribution in [0.4, 0.5) is 0 Å². The largest absolute Gasteiger partial charge is 0.493 e. The quantitative estimate of drug-likeness (QED) is 0.788. The average Bonchev–Trinajstić information content (AvgIpc) is 2.83. The summed E-state index contributed by atoms with van der Waals surface area (Å²) in [5, 5.41) is 3.52. The summed E-state index contributed by atoms with van der Waals surface area (Å²) in [4.78, 5) is 0. The van der Waals surface area contributed by atoms with E-state index in [2.05, 4.69) is 37.4 Å². The Labute approximate surface area is 104 Å². The number of nitrogens with one attached hydrogen (secondary N) is 1. The number of ether oxygens (including phenoxy) is 1. The van der Waals surface area contributed by atoms with Crippen LogP contribution in [-0.4, -0.2) is 19.2 Å². The van der Waals surface area contributed by atoms with Crippen molar-refractivity contribution in [2.75, 3.05) is 13.2 Å². The van der Waals surface area contributed by atoms with Gasteiger partial charge in [0.15, 0.2) is 0 Å². The molecule has 17 heavy (non-hydrogen) atoms. The Morgan fingerprint density at radius 3 is 3.00 bits per heavy atom. The van der Waals surface area contributed by atoms with Crippen LogP contribution in [0.3, 0.4) is 0 Å². The van der Waals surface area contributed by atoms with Gasteiger partial charge >= 0.3 is 0 Å². The molecule has 1 aliphatic heterocycles. The van der Waals surface area contributed by atoms with Gasteiger partial charge in [-0.25, -0.2) is 0 Å². The molecule has 1 atom stereocenters. The Morgan fingerprint density at radius 2 is 2.24 bits per heavy atom. The van der Waals surface area contributed by atoms with Crippen molar-refractivity contribution in [1.29, 1.82) is 0 Å². The zero-order valence-corrected chi connectivity index (χ0v) is 11.0. The maximum Gasteiger partial charge on any atom is 0.122 e. The minimum atomic E-state index is 0.734. The van der Waals surface area contributed by atoms with Crippen molar-refractivity contribution in [3.05, 3.63) is 29.3 Å². The van der Waals surface area contributed by atoms with Crippen LogP contribution >= 0.6 is 0 Å². The van der Waals surface area contributed by atoms with Gasteiger partial charge in [0.25, 0.3) is 0 Å². The van der Waals surface area contributed by atoms with Crippen molar-refractivity contribution in [3.63, 3.8) is 0 Å². The molecule has 94 valence electrons. The molecule has 1 N–H and O–H groups in total. The van der Waals surface area contributed by atoms with Gasteiger partial charge in [-0.3, -0.25) is 0 Å². The first-order chi connectivity index (χ1) is 8.27. The molecule has 1 aliphatic rings. The second-order valence-electron chi connectivity index (χ2n) is 4.98.